The molecule has 0 amide bonds. The van der Waals surface area contributed by atoms with Crippen molar-refractivity contribution in [2.75, 3.05) is 13.2 Å². The van der Waals surface area contributed by atoms with Crippen LogP contribution in [0.25, 0.3) is 0 Å². The zero-order valence-corrected chi connectivity index (χ0v) is 11.7. The topological polar surface area (TPSA) is 29.5 Å². The van der Waals surface area contributed by atoms with Gasteiger partial charge in [-0.3, -0.25) is 0 Å². The van der Waals surface area contributed by atoms with Crippen molar-refractivity contribution >= 4 is 12.6 Å². The lowest BCUT2D eigenvalue weighted by Gasteiger charge is -2.31. The summed E-state index contributed by atoms with van der Waals surface area (Å²) in [6.07, 6.45) is 0.00335. The molecule has 2 nitrogen and oxygen atoms in total. The average molecular weight is 254 g/mol. The summed E-state index contributed by atoms with van der Waals surface area (Å²) in [5.74, 6) is 0.748. The minimum atomic E-state index is 0.00335. The Balaban J connectivity index is 2.88. The Morgan fingerprint density at radius 2 is 1.82 bits per heavy atom. The number of hydrogen-bond acceptors (Lipinski definition) is 3. The fraction of sp³-hybridized carbons (Fsp3) is 0.571. The van der Waals surface area contributed by atoms with Gasteiger partial charge in [-0.1, -0.05) is 45.0 Å². The van der Waals surface area contributed by atoms with Crippen LogP contribution >= 0.6 is 12.6 Å². The van der Waals surface area contributed by atoms with Crippen LogP contribution in [0.2, 0.25) is 0 Å². The molecule has 1 unspecified atom stereocenters. The van der Waals surface area contributed by atoms with Gasteiger partial charge in [-0.05, 0) is 16.5 Å². The van der Waals surface area contributed by atoms with Crippen molar-refractivity contribution in [3.05, 3.63) is 35.4 Å². The smallest absolute Gasteiger partial charge is 0.0874 e. The van der Waals surface area contributed by atoms with E-state index in [1.165, 1.54) is 5.56 Å². The van der Waals surface area contributed by atoms with Gasteiger partial charge in [-0.25, -0.2) is 0 Å². The van der Waals surface area contributed by atoms with Crippen molar-refractivity contribution in [2.24, 2.45) is 5.41 Å². The van der Waals surface area contributed by atoms with E-state index in [9.17, 15) is 0 Å². The van der Waals surface area contributed by atoms with Crippen molar-refractivity contribution in [3.8, 4) is 0 Å². The summed E-state index contributed by atoms with van der Waals surface area (Å²) in [6.45, 7) is 6.85. The molecule has 0 aromatic heterocycles. The summed E-state index contributed by atoms with van der Waals surface area (Å²) in [7, 11) is 0. The van der Waals surface area contributed by atoms with Crippen LogP contribution in [0.3, 0.4) is 0 Å². The molecular weight excluding hydrogens is 232 g/mol. The Bertz CT molecular complexity index is 327. The number of hydrogen-bond donors (Lipinski definition) is 2. The monoisotopic (exact) mass is 254 g/mol. The molecule has 0 saturated heterocycles. The summed E-state index contributed by atoms with van der Waals surface area (Å²) < 4.78 is 5.75. The zero-order chi connectivity index (χ0) is 12.9. The molecule has 0 heterocycles. The molecular formula is C14H22O2S. The van der Waals surface area contributed by atoms with Crippen molar-refractivity contribution in [3.63, 3.8) is 0 Å². The summed E-state index contributed by atoms with van der Waals surface area (Å²) >= 11 is 4.25. The van der Waals surface area contributed by atoms with E-state index in [1.54, 1.807) is 0 Å². The summed E-state index contributed by atoms with van der Waals surface area (Å²) in [6, 6.07) is 8.31. The van der Waals surface area contributed by atoms with Crippen LogP contribution in [0.15, 0.2) is 24.3 Å². The second-order valence-corrected chi connectivity index (χ2v) is 5.56. The predicted molar refractivity (Wildman–Crippen MR) is 74.4 cm³/mol. The summed E-state index contributed by atoms with van der Waals surface area (Å²) in [4.78, 5) is 0. The van der Waals surface area contributed by atoms with Gasteiger partial charge in [0.2, 0.25) is 0 Å². The number of aliphatic hydroxyl groups is 1. The number of aliphatic hydroxyl groups excluding tert-OH is 1. The molecule has 0 fully saturated rings. The van der Waals surface area contributed by atoms with E-state index in [1.807, 2.05) is 0 Å². The van der Waals surface area contributed by atoms with Gasteiger partial charge >= 0.3 is 0 Å². The number of benzene rings is 1. The summed E-state index contributed by atoms with van der Waals surface area (Å²) in [5.41, 5.74) is 2.36. The molecule has 0 spiro atoms. The minimum absolute atomic E-state index is 0.00335. The van der Waals surface area contributed by atoms with Crippen LogP contribution in [0.5, 0.6) is 0 Å². The third-order valence-electron chi connectivity index (χ3n) is 2.63. The van der Waals surface area contributed by atoms with Gasteiger partial charge in [-0.2, -0.15) is 12.6 Å². The largest absolute Gasteiger partial charge is 0.394 e. The van der Waals surface area contributed by atoms with Crippen LogP contribution in [0.1, 0.15) is 38.0 Å². The molecule has 1 aromatic rings. The average Bonchev–Trinajstić information content (AvgIpc) is 2.29. The molecule has 0 bridgehead atoms. The molecule has 0 aliphatic rings. The molecule has 0 saturated carbocycles. The molecule has 3 heteroatoms. The van der Waals surface area contributed by atoms with Crippen molar-refractivity contribution in [1.82, 2.24) is 0 Å². The first-order chi connectivity index (χ1) is 7.99. The molecule has 17 heavy (non-hydrogen) atoms. The van der Waals surface area contributed by atoms with E-state index in [0.29, 0.717) is 6.61 Å². The van der Waals surface area contributed by atoms with Gasteiger partial charge in [0.15, 0.2) is 0 Å². The predicted octanol–water partition coefficient (Wildman–Crippen LogP) is 3.21. The highest BCUT2D eigenvalue weighted by atomic mass is 32.1. The SMILES string of the molecule is CC(C)(C)C(OCCO)c1ccc(CS)cc1. The van der Waals surface area contributed by atoms with Gasteiger partial charge in [0, 0.05) is 5.75 Å². The zero-order valence-electron chi connectivity index (χ0n) is 10.8. The Morgan fingerprint density at radius 1 is 1.24 bits per heavy atom. The quantitative estimate of drug-likeness (QED) is 0.790. The van der Waals surface area contributed by atoms with Crippen LogP contribution < -0.4 is 0 Å². The maximum absolute atomic E-state index is 8.87. The molecule has 0 aliphatic carbocycles. The second kappa shape index (κ2) is 6.43. The van der Waals surface area contributed by atoms with Crippen LogP contribution in [0, 0.1) is 5.41 Å². The molecule has 1 atom stereocenters. The van der Waals surface area contributed by atoms with E-state index in [0.717, 1.165) is 11.3 Å². The molecule has 1 rings (SSSR count). The first-order valence-electron chi connectivity index (χ1n) is 5.91. The standard InChI is InChI=1S/C14H22O2S/c1-14(2,3)13(16-9-8-15)12-6-4-11(10-17)5-7-12/h4-7,13,15,17H,8-10H2,1-3H3. The number of rotatable bonds is 5. The molecule has 1 N–H and O–H groups in total. The third-order valence-corrected chi connectivity index (χ3v) is 2.99. The Hall–Kier alpha value is -0.510. The van der Waals surface area contributed by atoms with Crippen LogP contribution in [-0.4, -0.2) is 18.3 Å². The van der Waals surface area contributed by atoms with E-state index in [2.05, 4.69) is 57.7 Å². The van der Waals surface area contributed by atoms with Crippen LogP contribution in [-0.2, 0) is 10.5 Å². The Kier molecular flexibility index (Phi) is 5.50. The molecule has 96 valence electrons. The lowest BCUT2D eigenvalue weighted by Crippen LogP contribution is -2.22. The summed E-state index contributed by atoms with van der Waals surface area (Å²) in [5, 5.41) is 8.87. The number of ether oxygens (including phenoxy) is 1. The lowest BCUT2D eigenvalue weighted by atomic mass is 9.84. The van der Waals surface area contributed by atoms with E-state index in [-0.39, 0.29) is 18.1 Å². The second-order valence-electron chi connectivity index (χ2n) is 5.24. The maximum atomic E-state index is 8.87. The van der Waals surface area contributed by atoms with E-state index >= 15 is 0 Å². The van der Waals surface area contributed by atoms with Gasteiger partial charge in [-0.15, -0.1) is 0 Å². The Labute approximate surface area is 109 Å². The normalized spacial score (nSPS) is 13.7. The fourth-order valence-corrected chi connectivity index (χ4v) is 2.03. The van der Waals surface area contributed by atoms with Gasteiger partial charge in [0.05, 0.1) is 19.3 Å². The van der Waals surface area contributed by atoms with Gasteiger partial charge in [0.1, 0.15) is 0 Å². The van der Waals surface area contributed by atoms with Crippen LogP contribution in [0.4, 0.5) is 0 Å². The van der Waals surface area contributed by atoms with Crippen molar-refractivity contribution < 1.29 is 9.84 Å². The van der Waals surface area contributed by atoms with Gasteiger partial charge in [0.25, 0.3) is 0 Å². The first kappa shape index (κ1) is 14.6. The van der Waals surface area contributed by atoms with Crippen molar-refractivity contribution in [1.29, 1.82) is 0 Å². The molecule has 0 radical (unpaired) electrons. The minimum Gasteiger partial charge on any atom is -0.394 e. The lowest BCUT2D eigenvalue weighted by molar-refractivity contribution is -0.0335. The highest BCUT2D eigenvalue weighted by molar-refractivity contribution is 7.79. The van der Waals surface area contributed by atoms with E-state index in [4.69, 9.17) is 9.84 Å². The maximum Gasteiger partial charge on any atom is 0.0874 e. The third kappa shape index (κ3) is 4.34. The molecule has 0 aliphatic heterocycles. The fourth-order valence-electron chi connectivity index (χ4n) is 1.81. The van der Waals surface area contributed by atoms with Crippen molar-refractivity contribution in [2.45, 2.75) is 32.6 Å². The first-order valence-corrected chi connectivity index (χ1v) is 6.54. The highest BCUT2D eigenvalue weighted by Gasteiger charge is 2.26. The number of thiol groups is 1. The molecule has 1 aromatic carbocycles. The Morgan fingerprint density at radius 3 is 2.24 bits per heavy atom. The van der Waals surface area contributed by atoms with E-state index < -0.39 is 0 Å². The highest BCUT2D eigenvalue weighted by Crippen LogP contribution is 2.36. The van der Waals surface area contributed by atoms with Gasteiger partial charge < -0.3 is 9.84 Å².